The molecule has 0 atom stereocenters. The first kappa shape index (κ1) is 12.8. The number of carbonyl (C=O) groups excluding carboxylic acids is 2. The molecule has 0 heterocycles. The molecule has 0 unspecified atom stereocenters. The second-order valence-corrected chi connectivity index (χ2v) is 3.90. The molecule has 1 aliphatic carbocycles. The number of ether oxygens (including phenoxy) is 2. The Kier molecular flexibility index (Phi) is 4.58. The Bertz CT molecular complexity index is 261. The highest BCUT2D eigenvalue weighted by Crippen LogP contribution is 2.49. The fraction of sp³-hybridized carbons (Fsp3) is 0.818. The SMILES string of the molecule is CCOC(=O)NCCC1(C(=O)OCC)CC1. The van der Waals surface area contributed by atoms with Crippen LogP contribution >= 0.6 is 0 Å². The molecule has 0 aliphatic heterocycles. The molecule has 1 fully saturated rings. The highest BCUT2D eigenvalue weighted by atomic mass is 16.5. The molecular formula is C11H19NO4. The van der Waals surface area contributed by atoms with E-state index in [1.54, 1.807) is 13.8 Å². The van der Waals surface area contributed by atoms with E-state index in [0.717, 1.165) is 12.8 Å². The highest BCUT2D eigenvalue weighted by Gasteiger charge is 2.50. The summed E-state index contributed by atoms with van der Waals surface area (Å²) < 4.78 is 9.71. The second-order valence-electron chi connectivity index (χ2n) is 3.90. The Morgan fingerprint density at radius 2 is 1.81 bits per heavy atom. The van der Waals surface area contributed by atoms with Crippen LogP contribution in [0.2, 0.25) is 0 Å². The van der Waals surface area contributed by atoms with E-state index in [1.807, 2.05) is 0 Å². The summed E-state index contributed by atoms with van der Waals surface area (Å²) in [6, 6.07) is 0. The Morgan fingerprint density at radius 1 is 1.19 bits per heavy atom. The van der Waals surface area contributed by atoms with Gasteiger partial charge in [-0.25, -0.2) is 4.79 Å². The largest absolute Gasteiger partial charge is 0.466 e. The van der Waals surface area contributed by atoms with E-state index in [1.165, 1.54) is 0 Å². The average Bonchev–Trinajstić information content (AvgIpc) is 3.00. The number of nitrogens with one attached hydrogen (secondary N) is 1. The zero-order valence-electron chi connectivity index (χ0n) is 9.88. The third-order valence-electron chi connectivity index (χ3n) is 2.71. The van der Waals surface area contributed by atoms with Gasteiger partial charge in [-0.15, -0.1) is 0 Å². The molecule has 5 heteroatoms. The van der Waals surface area contributed by atoms with E-state index in [4.69, 9.17) is 9.47 Å². The van der Waals surface area contributed by atoms with Crippen molar-refractivity contribution in [3.8, 4) is 0 Å². The lowest BCUT2D eigenvalue weighted by Gasteiger charge is -2.13. The minimum atomic E-state index is -0.429. The summed E-state index contributed by atoms with van der Waals surface area (Å²) in [6.45, 7) is 4.77. The second kappa shape index (κ2) is 5.72. The van der Waals surface area contributed by atoms with Crippen LogP contribution in [0.4, 0.5) is 4.79 Å². The van der Waals surface area contributed by atoms with Crippen molar-refractivity contribution >= 4 is 12.1 Å². The first-order valence-electron chi connectivity index (χ1n) is 5.72. The Labute approximate surface area is 95.5 Å². The minimum absolute atomic E-state index is 0.138. The van der Waals surface area contributed by atoms with Crippen molar-refractivity contribution in [2.45, 2.75) is 33.1 Å². The normalized spacial score (nSPS) is 16.4. The summed E-state index contributed by atoms with van der Waals surface area (Å²) in [5.74, 6) is -0.138. The lowest BCUT2D eigenvalue weighted by atomic mass is 10.0. The molecule has 0 saturated heterocycles. The van der Waals surface area contributed by atoms with Crippen molar-refractivity contribution in [1.29, 1.82) is 0 Å². The number of alkyl carbamates (subject to hydrolysis) is 1. The first-order valence-corrected chi connectivity index (χ1v) is 5.72. The summed E-state index contributed by atoms with van der Waals surface area (Å²) in [4.78, 5) is 22.6. The predicted molar refractivity (Wildman–Crippen MR) is 57.9 cm³/mol. The van der Waals surface area contributed by atoms with Crippen molar-refractivity contribution in [3.05, 3.63) is 0 Å². The van der Waals surface area contributed by atoms with E-state index in [9.17, 15) is 9.59 Å². The Balaban J connectivity index is 2.22. The van der Waals surface area contributed by atoms with Gasteiger partial charge in [0.15, 0.2) is 0 Å². The summed E-state index contributed by atoms with van der Waals surface area (Å²) in [6.07, 6.45) is 1.92. The van der Waals surface area contributed by atoms with Crippen LogP contribution in [0, 0.1) is 5.41 Å². The van der Waals surface area contributed by atoms with Crippen molar-refractivity contribution in [2.24, 2.45) is 5.41 Å². The zero-order valence-corrected chi connectivity index (χ0v) is 9.88. The minimum Gasteiger partial charge on any atom is -0.466 e. The van der Waals surface area contributed by atoms with Crippen LogP contribution in [-0.4, -0.2) is 31.8 Å². The molecular weight excluding hydrogens is 210 g/mol. The molecule has 0 aromatic rings. The predicted octanol–water partition coefficient (Wildman–Crippen LogP) is 1.47. The van der Waals surface area contributed by atoms with E-state index < -0.39 is 6.09 Å². The molecule has 0 aromatic carbocycles. The van der Waals surface area contributed by atoms with Crippen molar-refractivity contribution in [2.75, 3.05) is 19.8 Å². The number of hydrogen-bond acceptors (Lipinski definition) is 4. The quantitative estimate of drug-likeness (QED) is 0.700. The number of esters is 1. The smallest absolute Gasteiger partial charge is 0.407 e. The average molecular weight is 229 g/mol. The van der Waals surface area contributed by atoms with Gasteiger partial charge in [-0.1, -0.05) is 0 Å². The molecule has 1 amide bonds. The van der Waals surface area contributed by atoms with Crippen LogP contribution in [0.3, 0.4) is 0 Å². The molecule has 92 valence electrons. The molecule has 0 radical (unpaired) electrons. The fourth-order valence-electron chi connectivity index (χ4n) is 1.58. The lowest BCUT2D eigenvalue weighted by Crippen LogP contribution is -2.29. The maximum absolute atomic E-state index is 11.6. The third kappa shape index (κ3) is 3.40. The van der Waals surface area contributed by atoms with E-state index in [-0.39, 0.29) is 11.4 Å². The van der Waals surface area contributed by atoms with Crippen LogP contribution in [-0.2, 0) is 14.3 Å². The zero-order chi connectivity index (χ0) is 12.0. The topological polar surface area (TPSA) is 64.6 Å². The van der Waals surface area contributed by atoms with Crippen LogP contribution in [0.15, 0.2) is 0 Å². The molecule has 0 bridgehead atoms. The monoisotopic (exact) mass is 229 g/mol. The molecule has 1 aliphatic rings. The van der Waals surface area contributed by atoms with Crippen LogP contribution < -0.4 is 5.32 Å². The molecule has 16 heavy (non-hydrogen) atoms. The van der Waals surface area contributed by atoms with Gasteiger partial charge in [0, 0.05) is 6.54 Å². The van der Waals surface area contributed by atoms with Gasteiger partial charge >= 0.3 is 12.1 Å². The van der Waals surface area contributed by atoms with Crippen LogP contribution in [0.25, 0.3) is 0 Å². The standard InChI is InChI=1S/C11H19NO4/c1-3-15-9(13)11(5-6-11)7-8-12-10(14)16-4-2/h3-8H2,1-2H3,(H,12,14). The molecule has 0 spiro atoms. The number of hydrogen-bond donors (Lipinski definition) is 1. The van der Waals surface area contributed by atoms with Crippen molar-refractivity contribution < 1.29 is 19.1 Å². The van der Waals surface area contributed by atoms with Crippen molar-refractivity contribution in [3.63, 3.8) is 0 Å². The Morgan fingerprint density at radius 3 is 2.31 bits per heavy atom. The molecule has 1 rings (SSSR count). The first-order chi connectivity index (χ1) is 7.64. The van der Waals surface area contributed by atoms with Gasteiger partial charge < -0.3 is 14.8 Å². The molecule has 0 aromatic heterocycles. The van der Waals surface area contributed by atoms with Gasteiger partial charge in [0.1, 0.15) is 0 Å². The van der Waals surface area contributed by atoms with Gasteiger partial charge in [0.25, 0.3) is 0 Å². The van der Waals surface area contributed by atoms with Gasteiger partial charge in [-0.2, -0.15) is 0 Å². The lowest BCUT2D eigenvalue weighted by molar-refractivity contribution is -0.149. The van der Waals surface area contributed by atoms with Gasteiger partial charge in [-0.3, -0.25) is 4.79 Å². The number of rotatable bonds is 6. The van der Waals surface area contributed by atoms with Gasteiger partial charge in [-0.05, 0) is 33.1 Å². The maximum atomic E-state index is 11.6. The maximum Gasteiger partial charge on any atom is 0.407 e. The van der Waals surface area contributed by atoms with Crippen LogP contribution in [0.5, 0.6) is 0 Å². The van der Waals surface area contributed by atoms with Gasteiger partial charge in [0.2, 0.25) is 0 Å². The molecule has 1 saturated carbocycles. The van der Waals surface area contributed by atoms with Crippen LogP contribution in [0.1, 0.15) is 33.1 Å². The fourth-order valence-corrected chi connectivity index (χ4v) is 1.58. The summed E-state index contributed by atoms with van der Waals surface area (Å²) in [7, 11) is 0. The molecule has 1 N–H and O–H groups in total. The van der Waals surface area contributed by atoms with E-state index >= 15 is 0 Å². The highest BCUT2D eigenvalue weighted by molar-refractivity contribution is 5.79. The summed E-state index contributed by atoms with van der Waals surface area (Å²) >= 11 is 0. The third-order valence-corrected chi connectivity index (χ3v) is 2.71. The Hall–Kier alpha value is -1.26. The molecule has 5 nitrogen and oxygen atoms in total. The van der Waals surface area contributed by atoms with E-state index in [0.29, 0.717) is 26.2 Å². The number of amides is 1. The number of carbonyl (C=O) groups is 2. The summed E-state index contributed by atoms with van der Waals surface area (Å²) in [5.41, 5.74) is -0.338. The van der Waals surface area contributed by atoms with Gasteiger partial charge in [0.05, 0.1) is 18.6 Å². The van der Waals surface area contributed by atoms with E-state index in [2.05, 4.69) is 5.32 Å². The van der Waals surface area contributed by atoms with Crippen molar-refractivity contribution in [1.82, 2.24) is 5.32 Å². The summed E-state index contributed by atoms with van der Waals surface area (Å²) in [5, 5.41) is 2.61.